The molecule has 2 aliphatic heterocycles. The lowest BCUT2D eigenvalue weighted by atomic mass is 9.73. The van der Waals surface area contributed by atoms with E-state index >= 15 is 0 Å². The lowest BCUT2D eigenvalue weighted by Gasteiger charge is -2.42. The van der Waals surface area contributed by atoms with E-state index in [1.807, 2.05) is 17.0 Å². The summed E-state index contributed by atoms with van der Waals surface area (Å²) < 4.78 is 8.02. The van der Waals surface area contributed by atoms with Crippen LogP contribution in [0.2, 0.25) is 0 Å². The molecule has 0 saturated carbocycles. The largest absolute Gasteiger partial charge is 0.491 e. The summed E-state index contributed by atoms with van der Waals surface area (Å²) in [7, 11) is 0. The van der Waals surface area contributed by atoms with Crippen LogP contribution in [0.3, 0.4) is 0 Å². The van der Waals surface area contributed by atoms with E-state index in [-0.39, 0.29) is 17.9 Å². The molecule has 1 N–H and O–H groups in total. The number of carbonyl (C=O) groups is 2. The average molecular weight is 467 g/mol. The number of likely N-dealkylation sites (tertiary alicyclic amines) is 1. The molecule has 0 unspecified atom stereocenters. The number of aromatic nitrogens is 2. The summed E-state index contributed by atoms with van der Waals surface area (Å²) in [6.45, 7) is 6.37. The van der Waals surface area contributed by atoms with Crippen molar-refractivity contribution in [3.63, 3.8) is 0 Å². The minimum atomic E-state index is -0.417. The van der Waals surface area contributed by atoms with Crippen LogP contribution in [0.1, 0.15) is 57.9 Å². The molecule has 1 spiro atoms. The highest BCUT2D eigenvalue weighted by Crippen LogP contribution is 2.38. The zero-order valence-electron chi connectivity index (χ0n) is 20.5. The number of aryl methyl sites for hydroxylation is 1. The smallest absolute Gasteiger partial charge is 0.242 e. The summed E-state index contributed by atoms with van der Waals surface area (Å²) in [6, 6.07) is 8.24. The second kappa shape index (κ2) is 11.1. The number of hydrogen-bond acceptors (Lipinski definition) is 4. The zero-order valence-corrected chi connectivity index (χ0v) is 20.5. The molecule has 184 valence electrons. The van der Waals surface area contributed by atoms with Crippen LogP contribution in [0, 0.1) is 11.3 Å². The third-order valence-electron chi connectivity index (χ3n) is 7.29. The maximum atomic E-state index is 13.7. The average Bonchev–Trinajstić information content (AvgIpc) is 3.33. The quantitative estimate of drug-likeness (QED) is 0.743. The van der Waals surface area contributed by atoms with E-state index in [0.29, 0.717) is 45.0 Å². The van der Waals surface area contributed by atoms with Crippen molar-refractivity contribution in [1.82, 2.24) is 19.8 Å². The summed E-state index contributed by atoms with van der Waals surface area (Å²) in [4.78, 5) is 32.4. The molecule has 2 aromatic rings. The number of rotatable bonds is 4. The van der Waals surface area contributed by atoms with Crippen LogP contribution in [-0.4, -0.2) is 52.0 Å². The van der Waals surface area contributed by atoms with Crippen molar-refractivity contribution >= 4 is 11.8 Å². The lowest BCUT2D eigenvalue weighted by Crippen LogP contribution is -2.53. The molecule has 7 heteroatoms. The third kappa shape index (κ3) is 5.99. The van der Waals surface area contributed by atoms with Crippen molar-refractivity contribution in [2.75, 3.05) is 19.7 Å². The highest BCUT2D eigenvalue weighted by Gasteiger charge is 2.42. The molecule has 7 nitrogen and oxygen atoms in total. The van der Waals surface area contributed by atoms with Gasteiger partial charge in [0.25, 0.3) is 0 Å². The first-order chi connectivity index (χ1) is 16.4. The fourth-order valence-corrected chi connectivity index (χ4v) is 5.31. The zero-order chi connectivity index (χ0) is 24.0. The van der Waals surface area contributed by atoms with E-state index in [9.17, 15) is 9.59 Å². The number of ether oxygens (including phenoxy) is 1. The summed E-state index contributed by atoms with van der Waals surface area (Å²) in [5.74, 6) is 1.61. The molecule has 0 bridgehead atoms. The van der Waals surface area contributed by atoms with Gasteiger partial charge in [0.15, 0.2) is 0 Å². The Morgan fingerprint density at radius 2 is 2.00 bits per heavy atom. The second-order valence-corrected chi connectivity index (χ2v) is 10.3. The monoisotopic (exact) mass is 466 g/mol. The lowest BCUT2D eigenvalue weighted by molar-refractivity contribution is -0.142. The number of hydrogen-bond donors (Lipinski definition) is 1. The Balaban J connectivity index is 1.46. The van der Waals surface area contributed by atoms with E-state index in [1.165, 1.54) is 5.56 Å². The molecule has 1 aromatic carbocycles. The van der Waals surface area contributed by atoms with E-state index in [1.54, 1.807) is 23.3 Å². The van der Waals surface area contributed by atoms with Crippen LogP contribution in [0.5, 0.6) is 5.75 Å². The van der Waals surface area contributed by atoms with Gasteiger partial charge in [0, 0.05) is 25.5 Å². The predicted octanol–water partition coefficient (Wildman–Crippen LogP) is 3.83. The Kier molecular flexibility index (Phi) is 7.91. The van der Waals surface area contributed by atoms with E-state index < -0.39 is 5.41 Å². The number of benzene rings is 1. The van der Waals surface area contributed by atoms with Crippen LogP contribution in [0.4, 0.5) is 0 Å². The topological polar surface area (TPSA) is 76.5 Å². The number of nitrogens with zero attached hydrogens (tertiary/aromatic N) is 3. The Morgan fingerprint density at radius 3 is 2.74 bits per heavy atom. The van der Waals surface area contributed by atoms with Crippen LogP contribution in [-0.2, 0) is 22.6 Å². The fourth-order valence-electron chi connectivity index (χ4n) is 5.31. The number of imidazole rings is 1. The number of carbonyl (C=O) groups excluding carboxylic acids is 2. The highest BCUT2D eigenvalue weighted by atomic mass is 16.5. The van der Waals surface area contributed by atoms with Gasteiger partial charge < -0.3 is 19.5 Å². The van der Waals surface area contributed by atoms with Gasteiger partial charge in [0.05, 0.1) is 17.8 Å². The molecule has 1 aromatic heterocycles. The molecule has 2 amide bonds. The molecule has 34 heavy (non-hydrogen) atoms. The first-order valence-electron chi connectivity index (χ1n) is 12.7. The minimum Gasteiger partial charge on any atom is -0.491 e. The van der Waals surface area contributed by atoms with Gasteiger partial charge in [-0.1, -0.05) is 38.5 Å². The number of piperidine rings is 1. The van der Waals surface area contributed by atoms with Crippen molar-refractivity contribution in [2.45, 2.75) is 71.4 Å². The van der Waals surface area contributed by atoms with E-state index in [4.69, 9.17) is 4.74 Å². The molecule has 1 saturated heterocycles. The number of para-hydroxylation sites is 1. The van der Waals surface area contributed by atoms with Gasteiger partial charge in [0.2, 0.25) is 11.8 Å². The van der Waals surface area contributed by atoms with Crippen LogP contribution < -0.4 is 10.1 Å². The first kappa shape index (κ1) is 24.3. The predicted molar refractivity (Wildman–Crippen MR) is 131 cm³/mol. The van der Waals surface area contributed by atoms with Crippen LogP contribution in [0.15, 0.2) is 43.0 Å². The molecular weight excluding hydrogens is 428 g/mol. The van der Waals surface area contributed by atoms with Gasteiger partial charge in [-0.25, -0.2) is 4.98 Å². The van der Waals surface area contributed by atoms with Crippen molar-refractivity contribution in [3.05, 3.63) is 48.5 Å². The van der Waals surface area contributed by atoms with Gasteiger partial charge in [-0.2, -0.15) is 0 Å². The molecule has 1 atom stereocenters. The summed E-state index contributed by atoms with van der Waals surface area (Å²) in [5, 5.41) is 3.36. The Labute approximate surface area is 202 Å². The van der Waals surface area contributed by atoms with Gasteiger partial charge in [-0.15, -0.1) is 0 Å². The maximum absolute atomic E-state index is 13.7. The fraction of sp³-hybridized carbons (Fsp3) is 0.593. The van der Waals surface area contributed by atoms with Crippen molar-refractivity contribution in [1.29, 1.82) is 0 Å². The summed E-state index contributed by atoms with van der Waals surface area (Å²) in [5.41, 5.74) is 0.825. The Hall–Kier alpha value is -2.83. The van der Waals surface area contributed by atoms with Crippen LogP contribution >= 0.6 is 0 Å². The molecule has 0 radical (unpaired) electrons. The number of fused-ring (bicyclic) bond motifs is 1. The first-order valence-corrected chi connectivity index (χ1v) is 12.7. The summed E-state index contributed by atoms with van der Waals surface area (Å²) >= 11 is 0. The molecule has 0 aliphatic carbocycles. The van der Waals surface area contributed by atoms with Crippen molar-refractivity contribution in [2.24, 2.45) is 11.3 Å². The number of nitrogens with one attached hydrogen (secondary N) is 1. The standard InChI is InChI=1S/C27H38N4O3/c1-21(2)17-23-19-34-24-9-4-3-7-22(24)8-5-6-10-27(26(33)29-23)11-14-31(15-12-27)25(32)18-30-16-13-28-20-30/h3-4,7,9,13,16,20-21,23H,5-6,8,10-12,14-15,17-19H2,1-2H3,(H,29,33)/t23-/m0/s1. The highest BCUT2D eigenvalue weighted by molar-refractivity contribution is 5.83. The van der Waals surface area contributed by atoms with Gasteiger partial charge in [0.1, 0.15) is 18.9 Å². The van der Waals surface area contributed by atoms with E-state index in [2.05, 4.69) is 36.3 Å². The normalized spacial score (nSPS) is 21.2. The molecule has 2 aliphatic rings. The maximum Gasteiger partial charge on any atom is 0.242 e. The Morgan fingerprint density at radius 1 is 1.21 bits per heavy atom. The summed E-state index contributed by atoms with van der Waals surface area (Å²) in [6.07, 6.45) is 11.3. The SMILES string of the molecule is CC(C)C[C@H]1COc2ccccc2CCCCC2(CCN(C(=O)Cn3ccnc3)CC2)C(=O)N1. The molecule has 1 fully saturated rings. The van der Waals surface area contributed by atoms with Crippen molar-refractivity contribution < 1.29 is 14.3 Å². The Bertz CT molecular complexity index is 949. The van der Waals surface area contributed by atoms with Gasteiger partial charge in [-0.05, 0) is 56.1 Å². The molecular formula is C27H38N4O3. The van der Waals surface area contributed by atoms with Crippen LogP contribution in [0.25, 0.3) is 0 Å². The third-order valence-corrected chi connectivity index (χ3v) is 7.29. The molecule has 3 heterocycles. The van der Waals surface area contributed by atoms with E-state index in [0.717, 1.165) is 37.9 Å². The van der Waals surface area contributed by atoms with Gasteiger partial charge >= 0.3 is 0 Å². The minimum absolute atomic E-state index is 0.0299. The number of amides is 2. The van der Waals surface area contributed by atoms with Gasteiger partial charge in [-0.3, -0.25) is 9.59 Å². The molecule has 4 rings (SSSR count). The second-order valence-electron chi connectivity index (χ2n) is 10.3. The van der Waals surface area contributed by atoms with Crippen molar-refractivity contribution in [3.8, 4) is 5.75 Å².